The molecule has 2 saturated heterocycles. The van der Waals surface area contributed by atoms with E-state index in [4.69, 9.17) is 9.73 Å². The molecule has 2 heterocycles. The van der Waals surface area contributed by atoms with Gasteiger partial charge >= 0.3 is 0 Å². The number of ether oxygens (including phenoxy) is 1. The van der Waals surface area contributed by atoms with E-state index in [9.17, 15) is 0 Å². The lowest BCUT2D eigenvalue weighted by Crippen LogP contribution is -2.47. The molecule has 0 aliphatic carbocycles. The standard InChI is InChI=1S/C20H32N4O/c1-3-21-19(23-14-20(2)15-25-16-20)22-12-18-10-7-11-24(18)13-17-8-5-4-6-9-17/h4-6,8-9,18H,3,7,10-16H2,1-2H3,(H2,21,22,23). The minimum absolute atomic E-state index is 0.217. The van der Waals surface area contributed by atoms with Crippen molar-refractivity contribution in [1.29, 1.82) is 0 Å². The fourth-order valence-electron chi connectivity index (χ4n) is 3.52. The minimum Gasteiger partial charge on any atom is -0.380 e. The van der Waals surface area contributed by atoms with E-state index < -0.39 is 0 Å². The topological polar surface area (TPSA) is 48.9 Å². The van der Waals surface area contributed by atoms with Crippen LogP contribution < -0.4 is 10.6 Å². The molecule has 138 valence electrons. The normalized spacial score (nSPS) is 23.3. The Bertz CT molecular complexity index is 556. The summed E-state index contributed by atoms with van der Waals surface area (Å²) in [5.41, 5.74) is 1.61. The zero-order chi connectivity index (χ0) is 17.5. The molecule has 0 aromatic heterocycles. The number of likely N-dealkylation sites (tertiary alicyclic amines) is 1. The summed E-state index contributed by atoms with van der Waals surface area (Å²) >= 11 is 0. The quantitative estimate of drug-likeness (QED) is 0.588. The van der Waals surface area contributed by atoms with E-state index in [0.717, 1.165) is 45.4 Å². The molecule has 3 rings (SSSR count). The predicted molar refractivity (Wildman–Crippen MR) is 103 cm³/mol. The van der Waals surface area contributed by atoms with Crippen LogP contribution in [0, 0.1) is 5.41 Å². The van der Waals surface area contributed by atoms with Crippen molar-refractivity contribution in [3.05, 3.63) is 35.9 Å². The highest BCUT2D eigenvalue weighted by Crippen LogP contribution is 2.26. The summed E-state index contributed by atoms with van der Waals surface area (Å²) in [6.45, 7) is 10.9. The van der Waals surface area contributed by atoms with Crippen LogP contribution in [-0.2, 0) is 11.3 Å². The van der Waals surface area contributed by atoms with Crippen molar-refractivity contribution >= 4 is 5.96 Å². The second-order valence-electron chi connectivity index (χ2n) is 7.63. The highest BCUT2D eigenvalue weighted by Gasteiger charge is 2.33. The molecule has 2 aliphatic rings. The van der Waals surface area contributed by atoms with Gasteiger partial charge in [-0.15, -0.1) is 0 Å². The smallest absolute Gasteiger partial charge is 0.191 e. The molecule has 1 atom stereocenters. The summed E-state index contributed by atoms with van der Waals surface area (Å²) in [4.78, 5) is 7.36. The van der Waals surface area contributed by atoms with Gasteiger partial charge in [-0.1, -0.05) is 37.3 Å². The SMILES string of the molecule is CCNC(=NCC1(C)COC1)NCC1CCCN1Cc1ccccc1. The van der Waals surface area contributed by atoms with Gasteiger partial charge in [-0.05, 0) is 31.9 Å². The molecule has 2 N–H and O–H groups in total. The molecule has 1 aromatic carbocycles. The van der Waals surface area contributed by atoms with Crippen LogP contribution in [0.2, 0.25) is 0 Å². The van der Waals surface area contributed by atoms with Crippen LogP contribution in [0.1, 0.15) is 32.3 Å². The van der Waals surface area contributed by atoms with Crippen molar-refractivity contribution in [2.75, 3.05) is 39.4 Å². The van der Waals surface area contributed by atoms with Gasteiger partial charge in [-0.3, -0.25) is 9.89 Å². The van der Waals surface area contributed by atoms with Crippen molar-refractivity contribution < 1.29 is 4.74 Å². The van der Waals surface area contributed by atoms with Crippen LogP contribution >= 0.6 is 0 Å². The number of nitrogens with zero attached hydrogens (tertiary/aromatic N) is 2. The van der Waals surface area contributed by atoms with E-state index in [2.05, 4.69) is 59.7 Å². The van der Waals surface area contributed by atoms with E-state index in [1.54, 1.807) is 0 Å². The molecule has 25 heavy (non-hydrogen) atoms. The molecular weight excluding hydrogens is 312 g/mol. The molecule has 0 spiro atoms. The molecule has 0 radical (unpaired) electrons. The highest BCUT2D eigenvalue weighted by molar-refractivity contribution is 5.79. The Morgan fingerprint density at radius 1 is 1.28 bits per heavy atom. The van der Waals surface area contributed by atoms with E-state index in [0.29, 0.717) is 6.04 Å². The third kappa shape index (κ3) is 5.19. The molecule has 2 aliphatic heterocycles. The van der Waals surface area contributed by atoms with E-state index >= 15 is 0 Å². The average Bonchev–Trinajstić information content (AvgIpc) is 3.03. The summed E-state index contributed by atoms with van der Waals surface area (Å²) in [5, 5.41) is 6.93. The number of guanidine groups is 1. The van der Waals surface area contributed by atoms with Gasteiger partial charge in [0.25, 0.3) is 0 Å². The number of hydrogen-bond acceptors (Lipinski definition) is 3. The fraction of sp³-hybridized carbons (Fsp3) is 0.650. The molecular formula is C20H32N4O. The average molecular weight is 345 g/mol. The van der Waals surface area contributed by atoms with Gasteiger partial charge in [0.1, 0.15) is 0 Å². The van der Waals surface area contributed by atoms with Gasteiger partial charge in [0, 0.05) is 31.1 Å². The van der Waals surface area contributed by atoms with E-state index in [1.165, 1.54) is 24.9 Å². The van der Waals surface area contributed by atoms with Crippen LogP contribution in [0.3, 0.4) is 0 Å². The first-order chi connectivity index (χ1) is 12.2. The van der Waals surface area contributed by atoms with Crippen molar-refractivity contribution in [1.82, 2.24) is 15.5 Å². The first kappa shape index (κ1) is 18.2. The molecule has 2 fully saturated rings. The van der Waals surface area contributed by atoms with Gasteiger partial charge in [-0.2, -0.15) is 0 Å². The summed E-state index contributed by atoms with van der Waals surface area (Å²) in [6, 6.07) is 11.3. The second-order valence-corrected chi connectivity index (χ2v) is 7.63. The summed E-state index contributed by atoms with van der Waals surface area (Å²) in [5.74, 6) is 0.933. The van der Waals surface area contributed by atoms with E-state index in [1.807, 2.05) is 0 Å². The number of nitrogens with one attached hydrogen (secondary N) is 2. The number of aliphatic imine (C=N–C) groups is 1. The predicted octanol–water partition coefficient (Wildman–Crippen LogP) is 2.24. The molecule has 0 amide bonds. The fourth-order valence-corrected chi connectivity index (χ4v) is 3.52. The maximum atomic E-state index is 5.33. The number of benzene rings is 1. The maximum Gasteiger partial charge on any atom is 0.191 e. The third-order valence-electron chi connectivity index (χ3n) is 5.10. The van der Waals surface area contributed by atoms with Crippen molar-refractivity contribution in [3.63, 3.8) is 0 Å². The first-order valence-corrected chi connectivity index (χ1v) is 9.56. The Balaban J connectivity index is 1.51. The van der Waals surface area contributed by atoms with Crippen LogP contribution in [0.15, 0.2) is 35.3 Å². The van der Waals surface area contributed by atoms with Crippen molar-refractivity contribution in [3.8, 4) is 0 Å². The monoisotopic (exact) mass is 344 g/mol. The van der Waals surface area contributed by atoms with Crippen molar-refractivity contribution in [2.24, 2.45) is 10.4 Å². The lowest BCUT2D eigenvalue weighted by Gasteiger charge is -2.36. The Labute approximate surface area is 151 Å². The molecule has 5 nitrogen and oxygen atoms in total. The van der Waals surface area contributed by atoms with Gasteiger partial charge < -0.3 is 15.4 Å². The second kappa shape index (κ2) is 8.68. The largest absolute Gasteiger partial charge is 0.380 e. The zero-order valence-electron chi connectivity index (χ0n) is 15.6. The maximum absolute atomic E-state index is 5.33. The lowest BCUT2D eigenvalue weighted by atomic mass is 9.89. The Kier molecular flexibility index (Phi) is 6.32. The highest BCUT2D eigenvalue weighted by atomic mass is 16.5. The summed E-state index contributed by atoms with van der Waals surface area (Å²) in [7, 11) is 0. The number of rotatable bonds is 7. The first-order valence-electron chi connectivity index (χ1n) is 9.56. The Morgan fingerprint density at radius 2 is 2.08 bits per heavy atom. The summed E-state index contributed by atoms with van der Waals surface area (Å²) < 4.78 is 5.33. The zero-order valence-corrected chi connectivity index (χ0v) is 15.6. The Hall–Kier alpha value is -1.59. The molecule has 1 aromatic rings. The van der Waals surface area contributed by atoms with Gasteiger partial charge in [0.2, 0.25) is 0 Å². The third-order valence-corrected chi connectivity index (χ3v) is 5.10. The lowest BCUT2D eigenvalue weighted by molar-refractivity contribution is -0.0945. The van der Waals surface area contributed by atoms with Crippen LogP contribution in [0.4, 0.5) is 0 Å². The van der Waals surface area contributed by atoms with Crippen LogP contribution in [0.5, 0.6) is 0 Å². The molecule has 1 unspecified atom stereocenters. The van der Waals surface area contributed by atoms with Gasteiger partial charge in [0.05, 0.1) is 19.8 Å². The molecule has 0 saturated carbocycles. The van der Waals surface area contributed by atoms with Gasteiger partial charge in [-0.25, -0.2) is 0 Å². The number of hydrogen-bond donors (Lipinski definition) is 2. The van der Waals surface area contributed by atoms with Crippen molar-refractivity contribution in [2.45, 2.75) is 39.3 Å². The van der Waals surface area contributed by atoms with Crippen LogP contribution in [0.25, 0.3) is 0 Å². The molecule has 0 bridgehead atoms. The summed E-state index contributed by atoms with van der Waals surface area (Å²) in [6.07, 6.45) is 2.53. The van der Waals surface area contributed by atoms with E-state index in [-0.39, 0.29) is 5.41 Å². The minimum atomic E-state index is 0.217. The van der Waals surface area contributed by atoms with Crippen LogP contribution in [-0.4, -0.2) is 56.3 Å². The Morgan fingerprint density at radius 3 is 2.76 bits per heavy atom. The van der Waals surface area contributed by atoms with Gasteiger partial charge in [0.15, 0.2) is 5.96 Å². The molecule has 5 heteroatoms.